The van der Waals surface area contributed by atoms with E-state index in [1.165, 1.54) is 48.5 Å². The van der Waals surface area contributed by atoms with Crippen LogP contribution in [0.2, 0.25) is 0 Å². The molecule has 0 bridgehead atoms. The van der Waals surface area contributed by atoms with Gasteiger partial charge in [0.15, 0.2) is 5.65 Å². The number of rotatable bonds is 6. The minimum atomic E-state index is -3.72. The maximum atomic E-state index is 13.0. The zero-order valence-electron chi connectivity index (χ0n) is 15.5. The Morgan fingerprint density at radius 3 is 2.33 bits per heavy atom. The van der Waals surface area contributed by atoms with Crippen LogP contribution in [0, 0.1) is 6.92 Å². The normalized spacial score (nSPS) is 11.7. The largest absolute Gasteiger partial charge is 0.438 e. The molecule has 154 valence electrons. The SMILES string of the molecule is Cc1ccc(S(=O)(=O)Nc2ccc(Oc3ccc4nnc(C(F)F)n4n3)cc2)cc1. The topological polar surface area (TPSA) is 98.5 Å². The molecule has 2 aromatic carbocycles. The van der Waals surface area contributed by atoms with Crippen LogP contribution in [0.4, 0.5) is 14.5 Å². The summed E-state index contributed by atoms with van der Waals surface area (Å²) in [6.45, 7) is 1.87. The number of sulfonamides is 1. The van der Waals surface area contributed by atoms with Gasteiger partial charge in [-0.05, 0) is 49.4 Å². The third-order valence-corrected chi connectivity index (χ3v) is 5.52. The highest BCUT2D eigenvalue weighted by Gasteiger charge is 2.17. The van der Waals surface area contributed by atoms with E-state index in [1.54, 1.807) is 12.1 Å². The summed E-state index contributed by atoms with van der Waals surface area (Å²) in [7, 11) is -3.72. The van der Waals surface area contributed by atoms with Gasteiger partial charge in [0.25, 0.3) is 16.4 Å². The number of hydrogen-bond acceptors (Lipinski definition) is 6. The van der Waals surface area contributed by atoms with Crippen molar-refractivity contribution in [3.63, 3.8) is 0 Å². The molecular weight excluding hydrogens is 416 g/mol. The van der Waals surface area contributed by atoms with E-state index in [0.29, 0.717) is 11.4 Å². The zero-order valence-corrected chi connectivity index (χ0v) is 16.3. The van der Waals surface area contributed by atoms with Gasteiger partial charge in [-0.25, -0.2) is 17.2 Å². The summed E-state index contributed by atoms with van der Waals surface area (Å²) in [4.78, 5) is 0.148. The summed E-state index contributed by atoms with van der Waals surface area (Å²) in [5.74, 6) is -0.194. The molecule has 0 saturated carbocycles. The van der Waals surface area contributed by atoms with Crippen LogP contribution in [0.3, 0.4) is 0 Å². The maximum absolute atomic E-state index is 13.0. The van der Waals surface area contributed by atoms with Gasteiger partial charge in [0.2, 0.25) is 11.7 Å². The predicted molar refractivity (Wildman–Crippen MR) is 104 cm³/mol. The molecule has 4 aromatic rings. The number of anilines is 1. The first-order valence-electron chi connectivity index (χ1n) is 8.70. The Morgan fingerprint density at radius 2 is 1.67 bits per heavy atom. The van der Waals surface area contributed by atoms with Gasteiger partial charge in [-0.1, -0.05) is 17.7 Å². The second-order valence-electron chi connectivity index (χ2n) is 6.35. The molecule has 30 heavy (non-hydrogen) atoms. The van der Waals surface area contributed by atoms with Crippen LogP contribution in [0.5, 0.6) is 11.6 Å². The van der Waals surface area contributed by atoms with Crippen molar-refractivity contribution in [1.29, 1.82) is 0 Å². The molecule has 0 aliphatic heterocycles. The third kappa shape index (κ3) is 4.06. The number of aryl methyl sites for hydroxylation is 1. The molecule has 0 aliphatic rings. The van der Waals surface area contributed by atoms with Gasteiger partial charge in [-0.2, -0.15) is 4.52 Å². The lowest BCUT2D eigenvalue weighted by Crippen LogP contribution is -2.12. The quantitative estimate of drug-likeness (QED) is 0.496. The third-order valence-electron chi connectivity index (χ3n) is 4.12. The molecule has 0 unspecified atom stereocenters. The molecule has 8 nitrogen and oxygen atoms in total. The smallest absolute Gasteiger partial charge is 0.299 e. The van der Waals surface area contributed by atoms with E-state index in [1.807, 2.05) is 6.92 Å². The van der Waals surface area contributed by atoms with Crippen molar-refractivity contribution in [1.82, 2.24) is 19.8 Å². The first kappa shape index (κ1) is 19.7. The minimum absolute atomic E-state index is 0.0530. The number of nitrogens with zero attached hydrogens (tertiary/aromatic N) is 4. The summed E-state index contributed by atoms with van der Waals surface area (Å²) in [5.41, 5.74) is 1.46. The highest BCUT2D eigenvalue weighted by atomic mass is 32.2. The standard InChI is InChI=1S/C19H15F2N5O3S/c1-12-2-8-15(9-3-12)30(27,28)25-13-4-6-14(7-5-13)29-17-11-10-16-22-23-19(18(20)21)26(16)24-17/h2-11,18,25H,1H3. The van der Waals surface area contributed by atoms with Crippen molar-refractivity contribution in [2.24, 2.45) is 0 Å². The molecule has 0 radical (unpaired) electrons. The molecule has 4 rings (SSSR count). The van der Waals surface area contributed by atoms with Gasteiger partial charge in [0, 0.05) is 11.8 Å². The van der Waals surface area contributed by atoms with Crippen molar-refractivity contribution in [2.45, 2.75) is 18.2 Å². The summed E-state index contributed by atoms with van der Waals surface area (Å²) in [5, 5.41) is 11.0. The molecule has 1 N–H and O–H groups in total. The van der Waals surface area contributed by atoms with Crippen molar-refractivity contribution >= 4 is 21.4 Å². The molecule has 0 saturated heterocycles. The lowest BCUT2D eigenvalue weighted by molar-refractivity contribution is 0.137. The second kappa shape index (κ2) is 7.67. The average Bonchev–Trinajstić information content (AvgIpc) is 3.13. The number of halogens is 2. The van der Waals surface area contributed by atoms with E-state index in [-0.39, 0.29) is 16.4 Å². The van der Waals surface area contributed by atoms with Gasteiger partial charge in [0.05, 0.1) is 4.90 Å². The molecule has 11 heteroatoms. The van der Waals surface area contributed by atoms with Crippen molar-refractivity contribution in [3.05, 3.63) is 72.1 Å². The molecule has 0 atom stereocenters. The summed E-state index contributed by atoms with van der Waals surface area (Å²) in [6, 6.07) is 15.5. The Kier molecular flexibility index (Phi) is 5.04. The fourth-order valence-electron chi connectivity index (χ4n) is 2.62. The van der Waals surface area contributed by atoms with E-state index >= 15 is 0 Å². The van der Waals surface area contributed by atoms with Crippen LogP contribution in [-0.4, -0.2) is 28.2 Å². The Labute approximate surface area is 170 Å². The maximum Gasteiger partial charge on any atom is 0.299 e. The Balaban J connectivity index is 1.50. The number of alkyl halides is 2. The van der Waals surface area contributed by atoms with E-state index in [4.69, 9.17) is 4.74 Å². The van der Waals surface area contributed by atoms with Crippen LogP contribution in [0.15, 0.2) is 65.6 Å². The number of hydrogen-bond donors (Lipinski definition) is 1. The number of benzene rings is 2. The number of aromatic nitrogens is 4. The number of nitrogens with one attached hydrogen (secondary N) is 1. The second-order valence-corrected chi connectivity index (χ2v) is 8.03. The molecule has 0 aliphatic carbocycles. The fraction of sp³-hybridized carbons (Fsp3) is 0.105. The van der Waals surface area contributed by atoms with E-state index < -0.39 is 22.3 Å². The molecule has 0 amide bonds. The fourth-order valence-corrected chi connectivity index (χ4v) is 3.68. The predicted octanol–water partition coefficient (Wildman–Crippen LogP) is 3.96. The van der Waals surface area contributed by atoms with Crippen molar-refractivity contribution in [3.8, 4) is 11.6 Å². The lowest BCUT2D eigenvalue weighted by Gasteiger charge is -2.10. The lowest BCUT2D eigenvalue weighted by atomic mass is 10.2. The van der Waals surface area contributed by atoms with Crippen LogP contribution < -0.4 is 9.46 Å². The first-order valence-corrected chi connectivity index (χ1v) is 10.2. The van der Waals surface area contributed by atoms with Crippen LogP contribution in [0.1, 0.15) is 17.8 Å². The highest BCUT2D eigenvalue weighted by Crippen LogP contribution is 2.24. The van der Waals surface area contributed by atoms with E-state index in [9.17, 15) is 17.2 Å². The Bertz CT molecular complexity index is 1290. The molecule has 2 heterocycles. The number of fused-ring (bicyclic) bond motifs is 1. The molecule has 2 aromatic heterocycles. The van der Waals surface area contributed by atoms with Crippen molar-refractivity contribution in [2.75, 3.05) is 4.72 Å². The molecule has 0 spiro atoms. The van der Waals surface area contributed by atoms with Crippen LogP contribution in [0.25, 0.3) is 5.65 Å². The van der Waals surface area contributed by atoms with Gasteiger partial charge in [-0.15, -0.1) is 15.3 Å². The minimum Gasteiger partial charge on any atom is -0.438 e. The summed E-state index contributed by atoms with van der Waals surface area (Å²) >= 11 is 0. The highest BCUT2D eigenvalue weighted by molar-refractivity contribution is 7.92. The van der Waals surface area contributed by atoms with Crippen LogP contribution >= 0.6 is 0 Å². The van der Waals surface area contributed by atoms with Gasteiger partial charge >= 0.3 is 0 Å². The average molecular weight is 431 g/mol. The van der Waals surface area contributed by atoms with E-state index in [2.05, 4.69) is 20.0 Å². The first-order chi connectivity index (χ1) is 14.3. The van der Waals surface area contributed by atoms with Gasteiger partial charge in [0.1, 0.15) is 5.75 Å². The molecule has 0 fully saturated rings. The van der Waals surface area contributed by atoms with Crippen LogP contribution in [-0.2, 0) is 10.0 Å². The summed E-state index contributed by atoms with van der Waals surface area (Å²) < 4.78 is 59.7. The Morgan fingerprint density at radius 1 is 0.967 bits per heavy atom. The monoisotopic (exact) mass is 431 g/mol. The van der Waals surface area contributed by atoms with Crippen molar-refractivity contribution < 1.29 is 21.9 Å². The van der Waals surface area contributed by atoms with Gasteiger partial charge in [-0.3, -0.25) is 4.72 Å². The Hall–Kier alpha value is -3.60. The van der Waals surface area contributed by atoms with E-state index in [0.717, 1.165) is 10.1 Å². The zero-order chi connectivity index (χ0) is 21.3. The molecular formula is C19H15F2N5O3S. The van der Waals surface area contributed by atoms with Gasteiger partial charge < -0.3 is 4.74 Å². The summed E-state index contributed by atoms with van der Waals surface area (Å²) in [6.07, 6.45) is -2.83. The number of ether oxygens (including phenoxy) is 1.